The van der Waals surface area contributed by atoms with E-state index in [4.69, 9.17) is 10.5 Å². The van der Waals surface area contributed by atoms with Crippen molar-refractivity contribution < 1.29 is 37.4 Å². The number of carboxylic acid groups (broad SMARTS) is 1. The quantitative estimate of drug-likeness (QED) is 0.246. The van der Waals surface area contributed by atoms with E-state index in [9.17, 15) is 32.7 Å². The van der Waals surface area contributed by atoms with Gasteiger partial charge in [0.1, 0.15) is 24.4 Å². The van der Waals surface area contributed by atoms with Crippen LogP contribution in [0.4, 0.5) is 0 Å². The summed E-state index contributed by atoms with van der Waals surface area (Å²) < 4.78 is 33.0. The van der Waals surface area contributed by atoms with Crippen LogP contribution in [0.2, 0.25) is 0 Å². The summed E-state index contributed by atoms with van der Waals surface area (Å²) in [5, 5.41) is 9.87. The molecule has 1 fully saturated rings. The van der Waals surface area contributed by atoms with Crippen molar-refractivity contribution in [2.75, 3.05) is 13.1 Å². The number of ether oxygens (including phenoxy) is 1. The van der Waals surface area contributed by atoms with E-state index in [2.05, 4.69) is 0 Å². The molecule has 3 aromatic carbocycles. The van der Waals surface area contributed by atoms with Crippen molar-refractivity contribution in [1.82, 2.24) is 13.9 Å². The molecule has 1 unspecified atom stereocenters. The molecular formula is C31H34N4O8S. The number of nitrogens with zero attached hydrogens (tertiary/aromatic N) is 2. The number of nitrogens with two attached hydrogens (primary N) is 1. The predicted molar refractivity (Wildman–Crippen MR) is 160 cm³/mol. The van der Waals surface area contributed by atoms with Crippen molar-refractivity contribution in [3.05, 3.63) is 101 Å². The topological polar surface area (TPSA) is 176 Å². The number of aliphatic carboxylic acids is 1. The molecule has 4 rings (SSSR count). The largest absolute Gasteiger partial charge is 0.489 e. The number of carboxylic acids is 1. The molecular weight excluding hydrogens is 588 g/mol. The minimum absolute atomic E-state index is 0.0614. The molecule has 1 atom stereocenters. The molecule has 232 valence electrons. The van der Waals surface area contributed by atoms with Crippen LogP contribution in [0.3, 0.4) is 0 Å². The van der Waals surface area contributed by atoms with Gasteiger partial charge in [0.15, 0.2) is 0 Å². The van der Waals surface area contributed by atoms with Gasteiger partial charge in [-0.2, -0.15) is 12.7 Å². The van der Waals surface area contributed by atoms with E-state index in [-0.39, 0.29) is 31.7 Å². The molecule has 1 aliphatic rings. The molecule has 13 heteroatoms. The number of unbranched alkanes of at least 4 members (excludes halogenated alkanes) is 1. The van der Waals surface area contributed by atoms with Gasteiger partial charge in [0.2, 0.25) is 11.8 Å². The maximum atomic E-state index is 14.0. The Labute approximate surface area is 255 Å². The summed E-state index contributed by atoms with van der Waals surface area (Å²) in [4.78, 5) is 52.1. The zero-order valence-electron chi connectivity index (χ0n) is 24.1. The summed E-state index contributed by atoms with van der Waals surface area (Å²) in [7, 11) is -3.95. The highest BCUT2D eigenvalue weighted by Gasteiger charge is 2.47. The Hall–Kier alpha value is -4.75. The fourth-order valence-electron chi connectivity index (χ4n) is 5.10. The number of hydrogen-bond acceptors (Lipinski definition) is 7. The first kappa shape index (κ1) is 32.2. The van der Waals surface area contributed by atoms with Crippen LogP contribution in [-0.2, 0) is 43.3 Å². The lowest BCUT2D eigenvalue weighted by molar-refractivity contribution is -0.141. The molecule has 0 aliphatic carbocycles. The van der Waals surface area contributed by atoms with Crippen molar-refractivity contribution in [2.24, 2.45) is 5.73 Å². The van der Waals surface area contributed by atoms with Crippen molar-refractivity contribution in [3.63, 3.8) is 0 Å². The number of amides is 3. The molecule has 0 bridgehead atoms. The Morgan fingerprint density at radius 2 is 1.73 bits per heavy atom. The van der Waals surface area contributed by atoms with Gasteiger partial charge in [-0.25, -0.2) is 4.72 Å². The van der Waals surface area contributed by atoms with E-state index in [1.165, 1.54) is 24.3 Å². The Kier molecular flexibility index (Phi) is 10.0. The lowest BCUT2D eigenvalue weighted by Crippen LogP contribution is -2.58. The fraction of sp³-hybridized carbons (Fsp3) is 0.290. The summed E-state index contributed by atoms with van der Waals surface area (Å²) in [6.45, 7) is 0.878. The van der Waals surface area contributed by atoms with Crippen molar-refractivity contribution in [3.8, 4) is 5.75 Å². The van der Waals surface area contributed by atoms with Gasteiger partial charge in [-0.15, -0.1) is 0 Å². The maximum Gasteiger partial charge on any atom is 0.323 e. The lowest BCUT2D eigenvalue weighted by Gasteiger charge is -2.41. The van der Waals surface area contributed by atoms with Gasteiger partial charge in [-0.05, 0) is 47.4 Å². The van der Waals surface area contributed by atoms with Gasteiger partial charge in [-0.3, -0.25) is 19.2 Å². The Balaban J connectivity index is 1.69. The van der Waals surface area contributed by atoms with Gasteiger partial charge >= 0.3 is 16.2 Å². The summed E-state index contributed by atoms with van der Waals surface area (Å²) >= 11 is 0. The second-order valence-corrected chi connectivity index (χ2v) is 12.1. The molecule has 3 aromatic rings. The summed E-state index contributed by atoms with van der Waals surface area (Å²) in [5.74, 6) is -3.23. The van der Waals surface area contributed by atoms with Crippen molar-refractivity contribution >= 4 is 33.9 Å². The van der Waals surface area contributed by atoms with Crippen LogP contribution in [0, 0.1) is 0 Å². The first-order valence-corrected chi connectivity index (χ1v) is 15.4. The monoisotopic (exact) mass is 622 g/mol. The number of primary amides is 1. The fourth-order valence-corrected chi connectivity index (χ4v) is 6.19. The SMILES string of the molecule is CCCCC(C(N)=O)(c1cccc(OCc2ccccc2)c1)N(CC(=O)O)C(=O)c1ccc(CN2CC(=O)NS2(=O)=O)cc1. The third-order valence-corrected chi connectivity index (χ3v) is 8.75. The average molecular weight is 623 g/mol. The Bertz CT molecular complexity index is 1630. The van der Waals surface area contributed by atoms with Gasteiger partial charge in [0.05, 0.1) is 6.54 Å². The van der Waals surface area contributed by atoms with Crippen LogP contribution < -0.4 is 15.2 Å². The first-order valence-electron chi connectivity index (χ1n) is 14.0. The normalized spacial score (nSPS) is 15.6. The molecule has 3 amide bonds. The van der Waals surface area contributed by atoms with Crippen LogP contribution >= 0.6 is 0 Å². The molecule has 0 spiro atoms. The second kappa shape index (κ2) is 13.7. The molecule has 1 aliphatic heterocycles. The molecule has 0 saturated carbocycles. The van der Waals surface area contributed by atoms with Crippen LogP contribution in [-0.4, -0.2) is 59.5 Å². The minimum Gasteiger partial charge on any atom is -0.489 e. The highest BCUT2D eigenvalue weighted by molar-refractivity contribution is 7.88. The molecule has 1 saturated heterocycles. The molecule has 0 radical (unpaired) electrons. The number of carbonyl (C=O) groups excluding carboxylic acids is 3. The number of benzene rings is 3. The number of carbonyl (C=O) groups is 4. The van der Waals surface area contributed by atoms with Crippen LogP contribution in [0.15, 0.2) is 78.9 Å². The first-order chi connectivity index (χ1) is 21.0. The predicted octanol–water partition coefficient (Wildman–Crippen LogP) is 2.54. The minimum atomic E-state index is -3.95. The smallest absolute Gasteiger partial charge is 0.323 e. The third-order valence-electron chi connectivity index (χ3n) is 7.32. The van der Waals surface area contributed by atoms with Crippen LogP contribution in [0.1, 0.15) is 53.2 Å². The second-order valence-electron chi connectivity index (χ2n) is 10.4. The Morgan fingerprint density at radius 1 is 1.02 bits per heavy atom. The summed E-state index contributed by atoms with van der Waals surface area (Å²) in [6, 6.07) is 21.8. The van der Waals surface area contributed by atoms with Crippen molar-refractivity contribution in [2.45, 2.75) is 44.9 Å². The molecule has 1 heterocycles. The number of hydrogen-bond donors (Lipinski definition) is 3. The molecule has 12 nitrogen and oxygen atoms in total. The van der Waals surface area contributed by atoms with E-state index >= 15 is 0 Å². The van der Waals surface area contributed by atoms with Gasteiger partial charge in [-0.1, -0.05) is 74.4 Å². The van der Waals surface area contributed by atoms with E-state index in [1.54, 1.807) is 24.3 Å². The van der Waals surface area contributed by atoms with Crippen molar-refractivity contribution in [1.29, 1.82) is 0 Å². The van der Waals surface area contributed by atoms with Gasteiger partial charge in [0, 0.05) is 12.1 Å². The van der Waals surface area contributed by atoms with E-state index in [0.29, 0.717) is 29.7 Å². The average Bonchev–Trinajstić information content (AvgIpc) is 3.26. The highest BCUT2D eigenvalue weighted by Crippen LogP contribution is 2.37. The lowest BCUT2D eigenvalue weighted by atomic mass is 9.81. The van der Waals surface area contributed by atoms with Gasteiger partial charge in [0.25, 0.3) is 5.91 Å². The summed E-state index contributed by atoms with van der Waals surface area (Å²) in [5.41, 5.74) is 5.99. The highest BCUT2D eigenvalue weighted by atomic mass is 32.2. The molecule has 4 N–H and O–H groups in total. The number of nitrogens with one attached hydrogen (secondary N) is 1. The van der Waals surface area contributed by atoms with Gasteiger partial charge < -0.3 is 20.5 Å². The van der Waals surface area contributed by atoms with E-state index in [1.807, 2.05) is 42.0 Å². The molecule has 44 heavy (non-hydrogen) atoms. The van der Waals surface area contributed by atoms with E-state index in [0.717, 1.165) is 14.8 Å². The third kappa shape index (κ3) is 7.24. The van der Waals surface area contributed by atoms with E-state index < -0.39 is 46.0 Å². The Morgan fingerprint density at radius 3 is 2.32 bits per heavy atom. The van der Waals surface area contributed by atoms with Crippen LogP contribution in [0.5, 0.6) is 5.75 Å². The number of rotatable bonds is 14. The van der Waals surface area contributed by atoms with Crippen LogP contribution in [0.25, 0.3) is 0 Å². The summed E-state index contributed by atoms with van der Waals surface area (Å²) in [6.07, 6.45) is 1.16. The molecule has 0 aromatic heterocycles. The maximum absolute atomic E-state index is 14.0. The zero-order valence-corrected chi connectivity index (χ0v) is 25.0. The standard InChI is InChI=1S/C31H34N4O8S/c1-2-3-16-31(30(32)40,25-10-7-11-26(17-25)43-21-23-8-5-4-6-9-23)35(20-28(37)38)29(39)24-14-12-22(13-15-24)18-34-19-27(36)33-44(34,41)42/h4-15,17H,2-3,16,18-21H2,1H3,(H2,32,40)(H,33,36)(H,37,38). The zero-order chi connectivity index (χ0) is 31.9.